The largest absolute Gasteiger partial charge is 0.383 e. The number of hydrogen-bond acceptors (Lipinski definition) is 2. The van der Waals surface area contributed by atoms with Crippen LogP contribution in [0.25, 0.3) is 0 Å². The van der Waals surface area contributed by atoms with Gasteiger partial charge in [0.05, 0.1) is 6.61 Å². The number of fused-ring (bicyclic) bond motifs is 1. The van der Waals surface area contributed by atoms with Crippen LogP contribution in [-0.4, -0.2) is 32.2 Å². The summed E-state index contributed by atoms with van der Waals surface area (Å²) in [6, 6.07) is 9.38. The normalized spacial score (nSPS) is 19.5. The van der Waals surface area contributed by atoms with Crippen LogP contribution in [0.4, 0.5) is 0 Å². The maximum absolute atomic E-state index is 5.12. The molecule has 0 N–H and O–H groups in total. The molecule has 0 aliphatic heterocycles. The van der Waals surface area contributed by atoms with Gasteiger partial charge in [-0.1, -0.05) is 24.3 Å². The summed E-state index contributed by atoms with van der Waals surface area (Å²) in [6.07, 6.45) is 2.47. The Kier molecular flexibility index (Phi) is 3.39. The van der Waals surface area contributed by atoms with Gasteiger partial charge in [0.2, 0.25) is 0 Å². The fourth-order valence-electron chi connectivity index (χ4n) is 2.38. The Morgan fingerprint density at radius 3 is 3.00 bits per heavy atom. The number of ether oxygens (including phenoxy) is 1. The number of benzene rings is 1. The van der Waals surface area contributed by atoms with Gasteiger partial charge in [0, 0.05) is 19.7 Å². The van der Waals surface area contributed by atoms with Crippen LogP contribution in [0.1, 0.15) is 23.6 Å². The highest BCUT2D eigenvalue weighted by Crippen LogP contribution is 2.34. The summed E-state index contributed by atoms with van der Waals surface area (Å²) < 4.78 is 5.12. The average molecular weight is 205 g/mol. The van der Waals surface area contributed by atoms with Gasteiger partial charge < -0.3 is 4.74 Å². The predicted molar refractivity (Wildman–Crippen MR) is 62.0 cm³/mol. The molecule has 1 aromatic carbocycles. The first-order chi connectivity index (χ1) is 7.33. The molecule has 1 aliphatic rings. The van der Waals surface area contributed by atoms with Crippen LogP contribution in [0.2, 0.25) is 0 Å². The molecule has 0 amide bonds. The lowest BCUT2D eigenvalue weighted by atomic mass is 10.1. The first kappa shape index (κ1) is 10.7. The molecule has 0 saturated heterocycles. The highest BCUT2D eigenvalue weighted by atomic mass is 16.5. The number of aryl methyl sites for hydroxylation is 1. The molecule has 0 saturated carbocycles. The van der Waals surface area contributed by atoms with Gasteiger partial charge in [0.1, 0.15) is 0 Å². The van der Waals surface area contributed by atoms with Gasteiger partial charge in [-0.15, -0.1) is 0 Å². The van der Waals surface area contributed by atoms with E-state index in [9.17, 15) is 0 Å². The van der Waals surface area contributed by atoms with Crippen molar-refractivity contribution in [3.63, 3.8) is 0 Å². The van der Waals surface area contributed by atoms with Crippen LogP contribution in [0.3, 0.4) is 0 Å². The van der Waals surface area contributed by atoms with Crippen molar-refractivity contribution in [2.75, 3.05) is 27.3 Å². The molecule has 1 atom stereocenters. The van der Waals surface area contributed by atoms with E-state index in [1.165, 1.54) is 24.0 Å². The summed E-state index contributed by atoms with van der Waals surface area (Å²) in [5.41, 5.74) is 3.03. The monoisotopic (exact) mass is 205 g/mol. The molecule has 0 unspecified atom stereocenters. The number of hydrogen-bond donors (Lipinski definition) is 0. The standard InChI is InChI=1S/C13H19NO/c1-14(9-10-15-2)13-8-7-11-5-3-4-6-12(11)13/h3-6,13H,7-10H2,1-2H3/t13-/m0/s1. The van der Waals surface area contributed by atoms with Crippen LogP contribution >= 0.6 is 0 Å². The quantitative estimate of drug-likeness (QED) is 0.747. The molecule has 0 aromatic heterocycles. The van der Waals surface area contributed by atoms with E-state index in [4.69, 9.17) is 4.74 Å². The van der Waals surface area contributed by atoms with Crippen molar-refractivity contribution in [1.29, 1.82) is 0 Å². The molecular formula is C13H19NO. The Labute approximate surface area is 91.9 Å². The Balaban J connectivity index is 2.06. The minimum absolute atomic E-state index is 0.594. The van der Waals surface area contributed by atoms with Gasteiger partial charge in [0.25, 0.3) is 0 Å². The predicted octanol–water partition coefficient (Wildman–Crippen LogP) is 2.25. The van der Waals surface area contributed by atoms with E-state index in [-0.39, 0.29) is 0 Å². The molecule has 0 heterocycles. The fraction of sp³-hybridized carbons (Fsp3) is 0.538. The summed E-state index contributed by atoms with van der Waals surface area (Å²) >= 11 is 0. The minimum atomic E-state index is 0.594. The third-order valence-electron chi connectivity index (χ3n) is 3.28. The number of likely N-dealkylation sites (N-methyl/N-ethyl adjacent to an activating group) is 1. The van der Waals surface area contributed by atoms with Crippen LogP contribution < -0.4 is 0 Å². The highest BCUT2D eigenvalue weighted by molar-refractivity contribution is 5.34. The Hall–Kier alpha value is -0.860. The molecule has 2 heteroatoms. The second-order valence-corrected chi connectivity index (χ2v) is 4.23. The Bertz CT molecular complexity index is 324. The SMILES string of the molecule is COCCN(C)[C@H]1CCc2ccccc21. The molecule has 15 heavy (non-hydrogen) atoms. The van der Waals surface area contributed by atoms with E-state index in [1.54, 1.807) is 7.11 Å². The molecule has 0 fully saturated rings. The lowest BCUT2D eigenvalue weighted by molar-refractivity contribution is 0.138. The van der Waals surface area contributed by atoms with Gasteiger partial charge in [0.15, 0.2) is 0 Å². The van der Waals surface area contributed by atoms with Gasteiger partial charge in [-0.05, 0) is 31.0 Å². The molecule has 1 aliphatic carbocycles. The maximum atomic E-state index is 5.12. The first-order valence-electron chi connectivity index (χ1n) is 5.60. The molecule has 0 spiro atoms. The molecular weight excluding hydrogens is 186 g/mol. The third kappa shape index (κ3) is 2.21. The Morgan fingerprint density at radius 2 is 2.20 bits per heavy atom. The summed E-state index contributed by atoms with van der Waals surface area (Å²) in [5, 5.41) is 0. The summed E-state index contributed by atoms with van der Waals surface area (Å²) in [4.78, 5) is 2.40. The van der Waals surface area contributed by atoms with E-state index in [0.717, 1.165) is 13.2 Å². The zero-order valence-electron chi connectivity index (χ0n) is 9.57. The molecule has 1 aromatic rings. The van der Waals surface area contributed by atoms with Crippen molar-refractivity contribution in [2.45, 2.75) is 18.9 Å². The maximum Gasteiger partial charge on any atom is 0.0589 e. The van der Waals surface area contributed by atoms with Crippen molar-refractivity contribution in [2.24, 2.45) is 0 Å². The molecule has 2 rings (SSSR count). The van der Waals surface area contributed by atoms with E-state index in [0.29, 0.717) is 6.04 Å². The number of nitrogens with zero attached hydrogens (tertiary/aromatic N) is 1. The van der Waals surface area contributed by atoms with Crippen molar-refractivity contribution in [3.8, 4) is 0 Å². The van der Waals surface area contributed by atoms with E-state index >= 15 is 0 Å². The lowest BCUT2D eigenvalue weighted by Gasteiger charge is -2.24. The fourth-order valence-corrected chi connectivity index (χ4v) is 2.38. The minimum Gasteiger partial charge on any atom is -0.383 e. The van der Waals surface area contributed by atoms with E-state index in [2.05, 4.69) is 36.2 Å². The van der Waals surface area contributed by atoms with Crippen LogP contribution in [0.5, 0.6) is 0 Å². The van der Waals surface area contributed by atoms with Gasteiger partial charge >= 0.3 is 0 Å². The van der Waals surface area contributed by atoms with E-state index in [1.807, 2.05) is 0 Å². The topological polar surface area (TPSA) is 12.5 Å². The summed E-state index contributed by atoms with van der Waals surface area (Å²) in [6.45, 7) is 1.82. The summed E-state index contributed by atoms with van der Waals surface area (Å²) in [7, 11) is 3.95. The Morgan fingerprint density at radius 1 is 1.40 bits per heavy atom. The molecule has 2 nitrogen and oxygen atoms in total. The number of rotatable bonds is 4. The average Bonchev–Trinajstić information content (AvgIpc) is 2.69. The second-order valence-electron chi connectivity index (χ2n) is 4.23. The van der Waals surface area contributed by atoms with Crippen LogP contribution in [-0.2, 0) is 11.2 Å². The van der Waals surface area contributed by atoms with Crippen molar-refractivity contribution >= 4 is 0 Å². The third-order valence-corrected chi connectivity index (χ3v) is 3.28. The zero-order valence-corrected chi connectivity index (χ0v) is 9.57. The lowest BCUT2D eigenvalue weighted by Crippen LogP contribution is -2.26. The smallest absolute Gasteiger partial charge is 0.0589 e. The molecule has 0 radical (unpaired) electrons. The van der Waals surface area contributed by atoms with Gasteiger partial charge in [-0.2, -0.15) is 0 Å². The van der Waals surface area contributed by atoms with Gasteiger partial charge in [-0.25, -0.2) is 0 Å². The molecule has 0 bridgehead atoms. The highest BCUT2D eigenvalue weighted by Gasteiger charge is 2.24. The zero-order chi connectivity index (χ0) is 10.7. The van der Waals surface area contributed by atoms with Crippen molar-refractivity contribution in [3.05, 3.63) is 35.4 Å². The number of methoxy groups -OCH3 is 1. The van der Waals surface area contributed by atoms with Crippen molar-refractivity contribution < 1.29 is 4.74 Å². The van der Waals surface area contributed by atoms with Crippen LogP contribution in [0.15, 0.2) is 24.3 Å². The van der Waals surface area contributed by atoms with Gasteiger partial charge in [-0.3, -0.25) is 4.90 Å². The van der Waals surface area contributed by atoms with E-state index < -0.39 is 0 Å². The molecule has 82 valence electrons. The van der Waals surface area contributed by atoms with Crippen LogP contribution in [0, 0.1) is 0 Å². The first-order valence-corrected chi connectivity index (χ1v) is 5.60. The van der Waals surface area contributed by atoms with Crippen molar-refractivity contribution in [1.82, 2.24) is 4.90 Å². The summed E-state index contributed by atoms with van der Waals surface area (Å²) in [5.74, 6) is 0. The second kappa shape index (κ2) is 4.77.